The van der Waals surface area contributed by atoms with Gasteiger partial charge in [-0.1, -0.05) is 42.5 Å². The van der Waals surface area contributed by atoms with Crippen LogP contribution in [0.25, 0.3) is 0 Å². The lowest BCUT2D eigenvalue weighted by Gasteiger charge is -2.34. The molecule has 1 heterocycles. The van der Waals surface area contributed by atoms with Gasteiger partial charge in [0.2, 0.25) is 11.8 Å². The Morgan fingerprint density at radius 3 is 2.26 bits per heavy atom. The number of nitrogens with one attached hydrogen (secondary N) is 1. The molecule has 7 nitrogen and oxygen atoms in total. The summed E-state index contributed by atoms with van der Waals surface area (Å²) in [7, 11) is 3.47. The van der Waals surface area contributed by atoms with Gasteiger partial charge < -0.3 is 15.0 Å². The number of nitrogens with zero attached hydrogens (tertiary/aromatic N) is 3. The predicted molar refractivity (Wildman–Crippen MR) is 121 cm³/mol. The van der Waals surface area contributed by atoms with E-state index in [4.69, 9.17) is 4.74 Å². The van der Waals surface area contributed by atoms with Crippen LogP contribution in [-0.4, -0.2) is 79.9 Å². The van der Waals surface area contributed by atoms with Crippen LogP contribution in [0.4, 0.5) is 0 Å². The van der Waals surface area contributed by atoms with Crippen molar-refractivity contribution in [2.45, 2.75) is 13.1 Å². The van der Waals surface area contributed by atoms with E-state index in [-0.39, 0.29) is 11.8 Å². The van der Waals surface area contributed by atoms with Crippen LogP contribution in [0.1, 0.15) is 11.1 Å². The van der Waals surface area contributed by atoms with Crippen LogP contribution in [0.3, 0.4) is 0 Å². The molecule has 1 fully saturated rings. The first-order chi connectivity index (χ1) is 15.0. The average Bonchev–Trinajstić information content (AvgIpc) is 2.79. The van der Waals surface area contributed by atoms with Gasteiger partial charge in [0.05, 0.1) is 20.2 Å². The first kappa shape index (κ1) is 22.8. The summed E-state index contributed by atoms with van der Waals surface area (Å²) < 4.78 is 5.25. The van der Waals surface area contributed by atoms with Gasteiger partial charge in [-0.25, -0.2) is 0 Å². The van der Waals surface area contributed by atoms with Crippen LogP contribution in [0.15, 0.2) is 54.6 Å². The SMILES string of the molecule is COc1cccc(CN(C)C(=O)CN2CCN(CC(=O)NCc3ccccc3)CC2)c1. The Bertz CT molecular complexity index is 851. The minimum absolute atomic E-state index is 0.0337. The molecule has 2 aromatic rings. The molecule has 0 unspecified atom stereocenters. The van der Waals surface area contributed by atoms with E-state index in [0.29, 0.717) is 26.2 Å². The van der Waals surface area contributed by atoms with E-state index in [2.05, 4.69) is 15.1 Å². The van der Waals surface area contributed by atoms with Gasteiger partial charge in [-0.15, -0.1) is 0 Å². The van der Waals surface area contributed by atoms with Crippen LogP contribution in [0.2, 0.25) is 0 Å². The number of likely N-dealkylation sites (N-methyl/N-ethyl adjacent to an activating group) is 1. The van der Waals surface area contributed by atoms with E-state index in [1.807, 2.05) is 61.6 Å². The summed E-state index contributed by atoms with van der Waals surface area (Å²) >= 11 is 0. The molecule has 0 spiro atoms. The third kappa shape index (κ3) is 7.38. The molecule has 0 aromatic heterocycles. The van der Waals surface area contributed by atoms with Crippen molar-refractivity contribution >= 4 is 11.8 Å². The standard InChI is InChI=1S/C24H32N4O3/c1-26(17-21-9-6-10-22(15-21)31-2)24(30)19-28-13-11-27(12-14-28)18-23(29)25-16-20-7-4-3-5-8-20/h3-10,15H,11-14,16-19H2,1-2H3,(H,25,29). The Kier molecular flexibility index (Phi) is 8.44. The zero-order valence-corrected chi connectivity index (χ0v) is 18.4. The second-order valence-corrected chi connectivity index (χ2v) is 7.92. The Hall–Kier alpha value is -2.90. The second kappa shape index (κ2) is 11.5. The number of amides is 2. The monoisotopic (exact) mass is 424 g/mol. The lowest BCUT2D eigenvalue weighted by Crippen LogP contribution is -2.51. The number of hydrogen-bond donors (Lipinski definition) is 1. The van der Waals surface area contributed by atoms with E-state index in [0.717, 1.165) is 43.1 Å². The van der Waals surface area contributed by atoms with Crippen LogP contribution in [0.5, 0.6) is 5.75 Å². The molecule has 166 valence electrons. The van der Waals surface area contributed by atoms with Crippen molar-refractivity contribution in [1.82, 2.24) is 20.0 Å². The summed E-state index contributed by atoms with van der Waals surface area (Å²) in [5.74, 6) is 0.922. The smallest absolute Gasteiger partial charge is 0.236 e. The molecule has 3 rings (SSSR count). The number of piperazine rings is 1. The van der Waals surface area contributed by atoms with Crippen molar-refractivity contribution < 1.29 is 14.3 Å². The van der Waals surface area contributed by atoms with Crippen LogP contribution in [-0.2, 0) is 22.7 Å². The highest BCUT2D eigenvalue weighted by Crippen LogP contribution is 2.14. The molecule has 1 aliphatic rings. The third-order valence-corrected chi connectivity index (χ3v) is 5.50. The van der Waals surface area contributed by atoms with Crippen molar-refractivity contribution in [3.8, 4) is 5.75 Å². The second-order valence-electron chi connectivity index (χ2n) is 7.92. The molecule has 0 aliphatic carbocycles. The summed E-state index contributed by atoms with van der Waals surface area (Å²) in [4.78, 5) is 30.9. The van der Waals surface area contributed by atoms with Crippen molar-refractivity contribution in [3.63, 3.8) is 0 Å². The van der Waals surface area contributed by atoms with Crippen molar-refractivity contribution in [3.05, 3.63) is 65.7 Å². The zero-order chi connectivity index (χ0) is 22.1. The van der Waals surface area contributed by atoms with Gasteiger partial charge in [-0.3, -0.25) is 19.4 Å². The molecule has 1 aliphatic heterocycles. The highest BCUT2D eigenvalue weighted by Gasteiger charge is 2.22. The Balaban J connectivity index is 1.36. The van der Waals surface area contributed by atoms with E-state index in [1.54, 1.807) is 12.0 Å². The van der Waals surface area contributed by atoms with Crippen molar-refractivity contribution in [1.29, 1.82) is 0 Å². The molecular formula is C24H32N4O3. The number of carbonyl (C=O) groups excluding carboxylic acids is 2. The number of hydrogen-bond acceptors (Lipinski definition) is 5. The van der Waals surface area contributed by atoms with Crippen LogP contribution >= 0.6 is 0 Å². The fourth-order valence-corrected chi connectivity index (χ4v) is 3.61. The molecule has 0 atom stereocenters. The Labute approximate surface area is 184 Å². The summed E-state index contributed by atoms with van der Waals surface area (Å²) in [6.07, 6.45) is 0. The highest BCUT2D eigenvalue weighted by molar-refractivity contribution is 5.78. The fourth-order valence-electron chi connectivity index (χ4n) is 3.61. The molecule has 31 heavy (non-hydrogen) atoms. The molecule has 7 heteroatoms. The highest BCUT2D eigenvalue weighted by atomic mass is 16.5. The fraction of sp³-hybridized carbons (Fsp3) is 0.417. The van der Waals surface area contributed by atoms with Crippen molar-refractivity contribution in [2.75, 3.05) is 53.4 Å². The minimum Gasteiger partial charge on any atom is -0.497 e. The summed E-state index contributed by atoms with van der Waals surface area (Å²) in [6.45, 7) is 5.02. The Morgan fingerprint density at radius 2 is 1.58 bits per heavy atom. The Morgan fingerprint density at radius 1 is 0.935 bits per heavy atom. The molecule has 2 amide bonds. The molecule has 1 N–H and O–H groups in total. The maximum atomic E-state index is 12.6. The number of ether oxygens (including phenoxy) is 1. The topological polar surface area (TPSA) is 65.1 Å². The van der Waals surface area contributed by atoms with Crippen LogP contribution < -0.4 is 10.1 Å². The molecule has 1 saturated heterocycles. The average molecular weight is 425 g/mol. The number of rotatable bonds is 9. The van der Waals surface area contributed by atoms with Gasteiger partial charge in [0.1, 0.15) is 5.75 Å². The van der Waals surface area contributed by atoms with E-state index < -0.39 is 0 Å². The molecule has 2 aromatic carbocycles. The van der Waals surface area contributed by atoms with Gasteiger partial charge in [0.15, 0.2) is 0 Å². The lowest BCUT2D eigenvalue weighted by atomic mass is 10.2. The van der Waals surface area contributed by atoms with Gasteiger partial charge in [-0.05, 0) is 23.3 Å². The van der Waals surface area contributed by atoms with Gasteiger partial charge in [0.25, 0.3) is 0 Å². The summed E-state index contributed by atoms with van der Waals surface area (Å²) in [5.41, 5.74) is 2.14. The zero-order valence-electron chi connectivity index (χ0n) is 18.4. The quantitative estimate of drug-likeness (QED) is 0.662. The van der Waals surface area contributed by atoms with Gasteiger partial charge in [0, 0.05) is 46.3 Å². The molecule has 0 bridgehead atoms. The van der Waals surface area contributed by atoms with Gasteiger partial charge in [-0.2, -0.15) is 0 Å². The maximum Gasteiger partial charge on any atom is 0.236 e. The van der Waals surface area contributed by atoms with Crippen molar-refractivity contribution in [2.24, 2.45) is 0 Å². The minimum atomic E-state index is 0.0337. The largest absolute Gasteiger partial charge is 0.497 e. The first-order valence-electron chi connectivity index (χ1n) is 10.7. The number of benzene rings is 2. The maximum absolute atomic E-state index is 12.6. The van der Waals surface area contributed by atoms with E-state index >= 15 is 0 Å². The molecular weight excluding hydrogens is 392 g/mol. The third-order valence-electron chi connectivity index (χ3n) is 5.50. The molecule has 0 saturated carbocycles. The van der Waals surface area contributed by atoms with Crippen LogP contribution in [0, 0.1) is 0 Å². The predicted octanol–water partition coefficient (Wildman–Crippen LogP) is 1.59. The lowest BCUT2D eigenvalue weighted by molar-refractivity contribution is -0.132. The molecule has 0 radical (unpaired) electrons. The van der Waals surface area contributed by atoms with E-state index in [9.17, 15) is 9.59 Å². The summed E-state index contributed by atoms with van der Waals surface area (Å²) in [6, 6.07) is 17.7. The normalized spacial score (nSPS) is 14.8. The number of carbonyl (C=O) groups is 2. The van der Waals surface area contributed by atoms with E-state index in [1.165, 1.54) is 0 Å². The summed E-state index contributed by atoms with van der Waals surface area (Å²) in [5, 5.41) is 2.97. The van der Waals surface area contributed by atoms with Gasteiger partial charge >= 0.3 is 0 Å². The number of methoxy groups -OCH3 is 1. The first-order valence-corrected chi connectivity index (χ1v) is 10.7.